The molecule has 3 aliphatic rings. The second kappa shape index (κ2) is 7.78. The maximum Gasteiger partial charge on any atom is 0.251 e. The molecule has 156 valence electrons. The zero-order valence-corrected chi connectivity index (χ0v) is 16.3. The smallest absolute Gasteiger partial charge is 0.251 e. The number of hydrogen-bond acceptors (Lipinski definition) is 6. The van der Waals surface area contributed by atoms with Crippen molar-refractivity contribution in [2.75, 3.05) is 13.6 Å². The first-order valence-corrected chi connectivity index (χ1v) is 10.1. The average Bonchev–Trinajstić information content (AvgIpc) is 3.43. The summed E-state index contributed by atoms with van der Waals surface area (Å²) in [5, 5.41) is 6.16. The van der Waals surface area contributed by atoms with Gasteiger partial charge in [-0.1, -0.05) is 12.8 Å². The topological polar surface area (TPSA) is 95.1 Å². The van der Waals surface area contributed by atoms with Gasteiger partial charge in [0.25, 0.3) is 11.8 Å². The molecule has 0 radical (unpaired) electrons. The van der Waals surface area contributed by atoms with E-state index in [1.54, 1.807) is 36.4 Å². The Bertz CT molecular complexity index is 912. The van der Waals surface area contributed by atoms with Gasteiger partial charge < -0.3 is 29.6 Å². The van der Waals surface area contributed by atoms with Gasteiger partial charge in [0, 0.05) is 23.2 Å². The second-order valence-electron chi connectivity index (χ2n) is 7.58. The zero-order valence-electron chi connectivity index (χ0n) is 16.3. The lowest BCUT2D eigenvalue weighted by atomic mass is 9.89. The van der Waals surface area contributed by atoms with E-state index in [0.29, 0.717) is 34.1 Å². The maximum atomic E-state index is 12.8. The van der Waals surface area contributed by atoms with Crippen LogP contribution in [0.2, 0.25) is 0 Å². The van der Waals surface area contributed by atoms with Crippen LogP contribution in [0.3, 0.4) is 0 Å². The SMILES string of the molecule is O=C(NC1CCCCC1NC(=O)c1ccc2c(c1)OCO2)c1ccc2c(c1)OCO2. The van der Waals surface area contributed by atoms with E-state index in [1.165, 1.54) is 0 Å². The molecule has 0 spiro atoms. The Balaban J connectivity index is 1.26. The molecule has 2 aromatic carbocycles. The first-order valence-electron chi connectivity index (χ1n) is 10.1. The van der Waals surface area contributed by atoms with E-state index in [4.69, 9.17) is 18.9 Å². The fraction of sp³-hybridized carbons (Fsp3) is 0.364. The summed E-state index contributed by atoms with van der Waals surface area (Å²) < 4.78 is 21.3. The lowest BCUT2D eigenvalue weighted by Gasteiger charge is -2.33. The van der Waals surface area contributed by atoms with Gasteiger partial charge in [-0.15, -0.1) is 0 Å². The number of hydrogen-bond donors (Lipinski definition) is 2. The van der Waals surface area contributed by atoms with Gasteiger partial charge >= 0.3 is 0 Å². The molecule has 30 heavy (non-hydrogen) atoms. The zero-order chi connectivity index (χ0) is 20.5. The lowest BCUT2D eigenvalue weighted by molar-refractivity contribution is 0.0862. The van der Waals surface area contributed by atoms with E-state index in [-0.39, 0.29) is 37.5 Å². The van der Waals surface area contributed by atoms with Crippen molar-refractivity contribution >= 4 is 11.8 Å². The van der Waals surface area contributed by atoms with E-state index in [2.05, 4.69) is 10.6 Å². The molecule has 2 amide bonds. The van der Waals surface area contributed by atoms with Gasteiger partial charge in [-0.05, 0) is 49.2 Å². The number of benzene rings is 2. The van der Waals surface area contributed by atoms with Crippen molar-refractivity contribution in [2.24, 2.45) is 0 Å². The number of nitrogens with one attached hydrogen (secondary N) is 2. The fourth-order valence-corrected chi connectivity index (χ4v) is 4.06. The van der Waals surface area contributed by atoms with Crippen molar-refractivity contribution in [3.05, 3.63) is 47.5 Å². The molecule has 2 N–H and O–H groups in total. The van der Waals surface area contributed by atoms with Crippen molar-refractivity contribution in [1.82, 2.24) is 10.6 Å². The third-order valence-electron chi connectivity index (χ3n) is 5.67. The fourth-order valence-electron chi connectivity index (χ4n) is 4.06. The van der Waals surface area contributed by atoms with Gasteiger partial charge in [-0.25, -0.2) is 0 Å². The largest absolute Gasteiger partial charge is 0.454 e. The van der Waals surface area contributed by atoms with Crippen molar-refractivity contribution in [1.29, 1.82) is 0 Å². The Kier molecular flexibility index (Phi) is 4.82. The highest BCUT2D eigenvalue weighted by molar-refractivity contribution is 5.96. The Morgan fingerprint density at radius 1 is 0.667 bits per heavy atom. The molecule has 8 heteroatoms. The number of rotatable bonds is 4. The molecule has 0 bridgehead atoms. The van der Waals surface area contributed by atoms with Crippen molar-refractivity contribution in [3.8, 4) is 23.0 Å². The predicted molar refractivity (Wildman–Crippen MR) is 106 cm³/mol. The molecule has 1 fully saturated rings. The maximum absolute atomic E-state index is 12.8. The molecule has 5 rings (SSSR count). The van der Waals surface area contributed by atoms with Crippen LogP contribution in [-0.4, -0.2) is 37.5 Å². The summed E-state index contributed by atoms with van der Waals surface area (Å²) in [6, 6.07) is 9.97. The van der Waals surface area contributed by atoms with Crippen molar-refractivity contribution < 1.29 is 28.5 Å². The van der Waals surface area contributed by atoms with Gasteiger partial charge in [-0.3, -0.25) is 9.59 Å². The summed E-state index contributed by atoms with van der Waals surface area (Å²) in [5.41, 5.74) is 1.01. The Labute approximate surface area is 173 Å². The first-order chi connectivity index (χ1) is 14.7. The molecule has 8 nitrogen and oxygen atoms in total. The molecule has 0 saturated heterocycles. The van der Waals surface area contributed by atoms with Crippen LogP contribution in [0.1, 0.15) is 46.4 Å². The van der Waals surface area contributed by atoms with Crippen LogP contribution in [0.5, 0.6) is 23.0 Å². The third kappa shape index (κ3) is 3.60. The summed E-state index contributed by atoms with van der Waals surface area (Å²) in [6.07, 6.45) is 3.62. The number of amides is 2. The monoisotopic (exact) mass is 410 g/mol. The molecule has 1 saturated carbocycles. The first kappa shape index (κ1) is 18.6. The summed E-state index contributed by atoms with van der Waals surface area (Å²) in [6.45, 7) is 0.327. The Morgan fingerprint density at radius 3 is 1.57 bits per heavy atom. The van der Waals surface area contributed by atoms with Crippen LogP contribution >= 0.6 is 0 Å². The van der Waals surface area contributed by atoms with E-state index in [0.717, 1.165) is 25.7 Å². The molecule has 2 unspecified atom stereocenters. The molecule has 1 aliphatic carbocycles. The lowest BCUT2D eigenvalue weighted by Crippen LogP contribution is -2.53. The summed E-state index contributed by atoms with van der Waals surface area (Å²) in [4.78, 5) is 25.6. The molecule has 2 atom stereocenters. The normalized spacial score (nSPS) is 21.2. The minimum Gasteiger partial charge on any atom is -0.454 e. The van der Waals surface area contributed by atoms with E-state index >= 15 is 0 Å². The van der Waals surface area contributed by atoms with Crippen LogP contribution < -0.4 is 29.6 Å². The number of carbonyl (C=O) groups is 2. The van der Waals surface area contributed by atoms with Gasteiger partial charge in [0.05, 0.1) is 0 Å². The molecule has 2 aromatic rings. The molecule has 2 heterocycles. The predicted octanol–water partition coefficient (Wildman–Crippen LogP) is 2.62. The molecule has 2 aliphatic heterocycles. The van der Waals surface area contributed by atoms with Gasteiger partial charge in [0.2, 0.25) is 13.6 Å². The number of ether oxygens (including phenoxy) is 4. The standard InChI is InChI=1S/C22H22N2O6/c25-21(13-5-7-17-19(9-13)29-11-27-17)23-15-3-1-2-4-16(15)24-22(26)14-6-8-18-20(10-14)30-12-28-18/h5-10,15-16H,1-4,11-12H2,(H,23,25)(H,24,26). The van der Waals surface area contributed by atoms with E-state index < -0.39 is 0 Å². The highest BCUT2D eigenvalue weighted by Crippen LogP contribution is 2.33. The highest BCUT2D eigenvalue weighted by atomic mass is 16.7. The van der Waals surface area contributed by atoms with Gasteiger partial charge in [0.15, 0.2) is 23.0 Å². The molecule has 0 aromatic heterocycles. The minimum absolute atomic E-state index is 0.144. The van der Waals surface area contributed by atoms with E-state index in [1.807, 2.05) is 0 Å². The van der Waals surface area contributed by atoms with Crippen molar-refractivity contribution in [3.63, 3.8) is 0 Å². The van der Waals surface area contributed by atoms with Crippen LogP contribution in [-0.2, 0) is 0 Å². The number of fused-ring (bicyclic) bond motifs is 2. The summed E-state index contributed by atoms with van der Waals surface area (Å²) in [5.74, 6) is 2.03. The van der Waals surface area contributed by atoms with Gasteiger partial charge in [0.1, 0.15) is 0 Å². The summed E-state index contributed by atoms with van der Waals surface area (Å²) in [7, 11) is 0. The van der Waals surface area contributed by atoms with Crippen LogP contribution in [0, 0.1) is 0 Å². The van der Waals surface area contributed by atoms with Crippen LogP contribution in [0.25, 0.3) is 0 Å². The quantitative estimate of drug-likeness (QED) is 0.805. The average molecular weight is 410 g/mol. The molecular weight excluding hydrogens is 388 g/mol. The van der Waals surface area contributed by atoms with Crippen molar-refractivity contribution in [2.45, 2.75) is 37.8 Å². The highest BCUT2D eigenvalue weighted by Gasteiger charge is 2.29. The Morgan fingerprint density at radius 2 is 1.10 bits per heavy atom. The van der Waals surface area contributed by atoms with Gasteiger partial charge in [-0.2, -0.15) is 0 Å². The second-order valence-corrected chi connectivity index (χ2v) is 7.58. The van der Waals surface area contributed by atoms with E-state index in [9.17, 15) is 9.59 Å². The van der Waals surface area contributed by atoms with Crippen LogP contribution in [0.4, 0.5) is 0 Å². The minimum atomic E-state index is -0.192. The molecular formula is C22H22N2O6. The summed E-state index contributed by atoms with van der Waals surface area (Å²) >= 11 is 0. The van der Waals surface area contributed by atoms with Crippen LogP contribution in [0.15, 0.2) is 36.4 Å². The number of carbonyl (C=O) groups excluding carboxylic acids is 2. The third-order valence-corrected chi connectivity index (χ3v) is 5.67. The Hall–Kier alpha value is -3.42.